The number of benzene rings is 1. The zero-order valence-corrected chi connectivity index (χ0v) is 13.2. The number of hydrogen-bond acceptors (Lipinski definition) is 5. The zero-order chi connectivity index (χ0) is 16.3. The van der Waals surface area contributed by atoms with Gasteiger partial charge in [-0.3, -0.25) is 4.79 Å². The summed E-state index contributed by atoms with van der Waals surface area (Å²) in [7, 11) is -2.01. The second-order valence-electron chi connectivity index (χ2n) is 5.15. The lowest BCUT2D eigenvalue weighted by atomic mass is 10.2. The lowest BCUT2D eigenvalue weighted by Crippen LogP contribution is -2.28. The Hall–Kier alpha value is -1.93. The topological polar surface area (TPSA) is 92.8 Å². The van der Waals surface area contributed by atoms with Gasteiger partial charge in [0, 0.05) is 19.2 Å². The van der Waals surface area contributed by atoms with Crippen LogP contribution in [0, 0.1) is 0 Å². The lowest BCUT2D eigenvalue weighted by Gasteiger charge is -2.10. The summed E-state index contributed by atoms with van der Waals surface area (Å²) in [6.45, 7) is 2.04. The average Bonchev–Trinajstić information content (AvgIpc) is 2.77. The standard InChI is InChI=1S/C14H18N2O5S/c1-10(17)11-3-5-13(6-4-11)22(19,20)15-8-7-12-9-16(2)14(18)21-12/h3-6,12,15H,7-9H2,1-2H3. The number of sulfonamides is 1. The second-order valence-corrected chi connectivity index (χ2v) is 6.92. The fourth-order valence-corrected chi connectivity index (χ4v) is 3.15. The second kappa shape index (κ2) is 6.45. The molecule has 1 aromatic carbocycles. The molecule has 1 unspecified atom stereocenters. The molecule has 8 heteroatoms. The largest absolute Gasteiger partial charge is 0.444 e. The number of carbonyl (C=O) groups is 2. The van der Waals surface area contributed by atoms with Crippen molar-refractivity contribution in [2.45, 2.75) is 24.3 Å². The van der Waals surface area contributed by atoms with Crippen molar-refractivity contribution in [2.75, 3.05) is 20.1 Å². The fourth-order valence-electron chi connectivity index (χ4n) is 2.11. The molecule has 1 amide bonds. The summed E-state index contributed by atoms with van der Waals surface area (Å²) in [6, 6.07) is 5.74. The third-order valence-corrected chi connectivity index (χ3v) is 4.86. The van der Waals surface area contributed by atoms with E-state index in [1.165, 1.54) is 36.1 Å². The first-order valence-corrected chi connectivity index (χ1v) is 8.30. The molecular weight excluding hydrogens is 308 g/mol. The molecule has 1 atom stereocenters. The van der Waals surface area contributed by atoms with Crippen LogP contribution < -0.4 is 4.72 Å². The Labute approximate surface area is 129 Å². The summed E-state index contributed by atoms with van der Waals surface area (Å²) in [5.74, 6) is -0.121. The van der Waals surface area contributed by atoms with Gasteiger partial charge in [-0.15, -0.1) is 0 Å². The van der Waals surface area contributed by atoms with Crippen molar-refractivity contribution in [2.24, 2.45) is 0 Å². The van der Waals surface area contributed by atoms with E-state index < -0.39 is 16.1 Å². The maximum absolute atomic E-state index is 12.1. The van der Waals surface area contributed by atoms with Gasteiger partial charge in [0.2, 0.25) is 10.0 Å². The minimum atomic E-state index is -3.64. The van der Waals surface area contributed by atoms with E-state index >= 15 is 0 Å². The molecule has 1 N–H and O–H groups in total. The van der Waals surface area contributed by atoms with Crippen molar-refractivity contribution in [3.05, 3.63) is 29.8 Å². The molecule has 0 saturated carbocycles. The summed E-state index contributed by atoms with van der Waals surface area (Å²) in [5, 5.41) is 0. The van der Waals surface area contributed by atoms with Crippen LogP contribution in [-0.2, 0) is 14.8 Å². The number of ether oxygens (including phenoxy) is 1. The number of rotatable bonds is 6. The van der Waals surface area contributed by atoms with Crippen LogP contribution in [0.15, 0.2) is 29.2 Å². The molecular formula is C14H18N2O5S. The van der Waals surface area contributed by atoms with Gasteiger partial charge >= 0.3 is 6.09 Å². The first-order valence-electron chi connectivity index (χ1n) is 6.82. The number of nitrogens with zero attached hydrogens (tertiary/aromatic N) is 1. The Morgan fingerprint density at radius 2 is 2.00 bits per heavy atom. The minimum absolute atomic E-state index is 0.0954. The van der Waals surface area contributed by atoms with E-state index in [9.17, 15) is 18.0 Å². The summed E-state index contributed by atoms with van der Waals surface area (Å²) < 4.78 is 31.7. The van der Waals surface area contributed by atoms with E-state index in [-0.39, 0.29) is 23.3 Å². The quantitative estimate of drug-likeness (QED) is 0.788. The van der Waals surface area contributed by atoms with Crippen molar-refractivity contribution in [1.82, 2.24) is 9.62 Å². The third kappa shape index (κ3) is 3.83. The van der Waals surface area contributed by atoms with Crippen LogP contribution in [0.25, 0.3) is 0 Å². The Kier molecular flexibility index (Phi) is 4.82. The van der Waals surface area contributed by atoms with E-state index in [1.54, 1.807) is 7.05 Å². The maximum Gasteiger partial charge on any atom is 0.409 e. The SMILES string of the molecule is CC(=O)c1ccc(S(=O)(=O)NCCC2CN(C)C(=O)O2)cc1. The molecule has 0 bridgehead atoms. The number of Topliss-reactive ketones (excluding diaryl/α,β-unsaturated/α-hetero) is 1. The predicted molar refractivity (Wildman–Crippen MR) is 79.2 cm³/mol. The molecule has 0 spiro atoms. The number of carbonyl (C=O) groups excluding carboxylic acids is 2. The molecule has 1 fully saturated rings. The highest BCUT2D eigenvalue weighted by atomic mass is 32.2. The van der Waals surface area contributed by atoms with E-state index in [2.05, 4.69) is 4.72 Å². The number of hydrogen-bond donors (Lipinski definition) is 1. The van der Waals surface area contributed by atoms with E-state index in [0.717, 1.165) is 0 Å². The number of amides is 1. The van der Waals surface area contributed by atoms with Gasteiger partial charge in [-0.25, -0.2) is 17.9 Å². The van der Waals surface area contributed by atoms with Gasteiger partial charge in [-0.05, 0) is 25.5 Å². The van der Waals surface area contributed by atoms with Crippen LogP contribution in [0.2, 0.25) is 0 Å². The molecule has 7 nitrogen and oxygen atoms in total. The van der Waals surface area contributed by atoms with Gasteiger partial charge < -0.3 is 9.64 Å². The number of nitrogens with one attached hydrogen (secondary N) is 1. The number of cyclic esters (lactones) is 1. The van der Waals surface area contributed by atoms with Gasteiger partial charge in [-0.1, -0.05) is 12.1 Å². The molecule has 1 heterocycles. The third-order valence-electron chi connectivity index (χ3n) is 3.39. The summed E-state index contributed by atoms with van der Waals surface area (Å²) >= 11 is 0. The van der Waals surface area contributed by atoms with Crippen LogP contribution in [-0.4, -0.2) is 51.4 Å². The molecule has 22 heavy (non-hydrogen) atoms. The predicted octanol–water partition coefficient (Wildman–Crippen LogP) is 1.01. The van der Waals surface area contributed by atoms with Gasteiger partial charge in [-0.2, -0.15) is 0 Å². The normalized spacial score (nSPS) is 18.4. The highest BCUT2D eigenvalue weighted by molar-refractivity contribution is 7.89. The molecule has 0 radical (unpaired) electrons. The monoisotopic (exact) mass is 326 g/mol. The van der Waals surface area contributed by atoms with E-state index in [0.29, 0.717) is 18.5 Å². The Bertz CT molecular complexity index is 669. The maximum atomic E-state index is 12.1. The first kappa shape index (κ1) is 16.4. The van der Waals surface area contributed by atoms with Gasteiger partial charge in [0.15, 0.2) is 5.78 Å². The number of ketones is 1. The molecule has 0 aromatic heterocycles. The van der Waals surface area contributed by atoms with Crippen molar-refractivity contribution in [3.8, 4) is 0 Å². The fraction of sp³-hybridized carbons (Fsp3) is 0.429. The lowest BCUT2D eigenvalue weighted by molar-refractivity contribution is 0.101. The smallest absolute Gasteiger partial charge is 0.409 e. The van der Waals surface area contributed by atoms with Crippen molar-refractivity contribution in [3.63, 3.8) is 0 Å². The van der Waals surface area contributed by atoms with Crippen LogP contribution in [0.4, 0.5) is 4.79 Å². The van der Waals surface area contributed by atoms with Crippen LogP contribution in [0.1, 0.15) is 23.7 Å². The summed E-state index contributed by atoms with van der Waals surface area (Å²) in [5.41, 5.74) is 0.458. The highest BCUT2D eigenvalue weighted by Gasteiger charge is 2.28. The molecule has 1 saturated heterocycles. The van der Waals surface area contributed by atoms with Gasteiger partial charge in [0.05, 0.1) is 11.4 Å². The molecule has 0 aliphatic carbocycles. The Balaban J connectivity index is 1.91. The van der Waals surface area contributed by atoms with Crippen molar-refractivity contribution < 1.29 is 22.7 Å². The molecule has 1 aliphatic heterocycles. The average molecular weight is 326 g/mol. The highest BCUT2D eigenvalue weighted by Crippen LogP contribution is 2.13. The molecule has 1 aromatic rings. The van der Waals surface area contributed by atoms with E-state index in [1.807, 2.05) is 0 Å². The molecule has 120 valence electrons. The molecule has 2 rings (SSSR count). The number of likely N-dealkylation sites (N-methyl/N-ethyl adjacent to an activating group) is 1. The minimum Gasteiger partial charge on any atom is -0.444 e. The van der Waals surface area contributed by atoms with Crippen LogP contribution in [0.5, 0.6) is 0 Å². The van der Waals surface area contributed by atoms with Gasteiger partial charge in [0.25, 0.3) is 0 Å². The zero-order valence-electron chi connectivity index (χ0n) is 12.4. The Morgan fingerprint density at radius 1 is 1.36 bits per heavy atom. The summed E-state index contributed by atoms with van der Waals surface area (Å²) in [6.07, 6.45) is -0.297. The van der Waals surface area contributed by atoms with Crippen LogP contribution >= 0.6 is 0 Å². The van der Waals surface area contributed by atoms with Crippen molar-refractivity contribution in [1.29, 1.82) is 0 Å². The molecule has 1 aliphatic rings. The van der Waals surface area contributed by atoms with E-state index in [4.69, 9.17) is 4.74 Å². The first-order chi connectivity index (χ1) is 10.3. The Morgan fingerprint density at radius 3 is 2.50 bits per heavy atom. The van der Waals surface area contributed by atoms with Gasteiger partial charge in [0.1, 0.15) is 6.10 Å². The summed E-state index contributed by atoms with van der Waals surface area (Å²) in [4.78, 5) is 23.9. The van der Waals surface area contributed by atoms with Crippen molar-refractivity contribution >= 4 is 21.9 Å². The van der Waals surface area contributed by atoms with Crippen LogP contribution in [0.3, 0.4) is 0 Å².